The first-order valence-electron chi connectivity index (χ1n) is 13.5. The van der Waals surface area contributed by atoms with Gasteiger partial charge in [0.25, 0.3) is 0 Å². The molecular formula is C32H36N4O4. The molecule has 40 heavy (non-hydrogen) atoms. The number of nitrogens with two attached hydrogens (primary N) is 2. The number of amidine groups is 1. The number of rotatable bonds is 10. The lowest BCUT2D eigenvalue weighted by molar-refractivity contribution is -0.151. The summed E-state index contributed by atoms with van der Waals surface area (Å²) in [6, 6.07) is 29.2. The van der Waals surface area contributed by atoms with Crippen molar-refractivity contribution in [1.29, 1.82) is 0 Å². The van der Waals surface area contributed by atoms with Crippen LogP contribution in [0, 0.1) is 0 Å². The maximum absolute atomic E-state index is 12.8. The number of hydrazine groups is 1. The molecule has 1 fully saturated rings. The van der Waals surface area contributed by atoms with Gasteiger partial charge in [-0.3, -0.25) is 9.80 Å². The lowest BCUT2D eigenvalue weighted by Crippen LogP contribution is -2.56. The minimum atomic E-state index is -1.06. The normalized spacial score (nSPS) is 14.3. The van der Waals surface area contributed by atoms with E-state index in [0.29, 0.717) is 0 Å². The summed E-state index contributed by atoms with van der Waals surface area (Å²) in [6.45, 7) is 3.40. The van der Waals surface area contributed by atoms with E-state index in [-0.39, 0.29) is 30.5 Å². The van der Waals surface area contributed by atoms with Crippen LogP contribution in [0.15, 0.2) is 108 Å². The Balaban J connectivity index is 1.56. The number of carbonyl (C=O) groups is 2. The second kappa shape index (κ2) is 13.6. The predicted octanol–water partition coefficient (Wildman–Crippen LogP) is 4.79. The van der Waals surface area contributed by atoms with Crippen LogP contribution < -0.4 is 11.7 Å². The smallest absolute Gasteiger partial charge is 0.334 e. The number of nitrogens with zero attached hydrogens (tertiary/aromatic N) is 2. The van der Waals surface area contributed by atoms with Crippen molar-refractivity contribution in [2.45, 2.75) is 50.2 Å². The highest BCUT2D eigenvalue weighted by Gasteiger charge is 2.43. The van der Waals surface area contributed by atoms with Crippen molar-refractivity contribution < 1.29 is 19.1 Å². The molecule has 3 aromatic carbocycles. The summed E-state index contributed by atoms with van der Waals surface area (Å²) < 4.78 is 11.0. The Bertz CT molecular complexity index is 1210. The molecule has 3 aromatic rings. The quantitative estimate of drug-likeness (QED) is 0.0721. The van der Waals surface area contributed by atoms with E-state index in [1.54, 1.807) is 0 Å². The van der Waals surface area contributed by atoms with E-state index in [4.69, 9.17) is 21.2 Å². The van der Waals surface area contributed by atoms with E-state index in [1.807, 2.05) is 91.0 Å². The third kappa shape index (κ3) is 6.40. The van der Waals surface area contributed by atoms with Crippen LogP contribution in [0.3, 0.4) is 0 Å². The second-order valence-electron chi connectivity index (χ2n) is 9.83. The van der Waals surface area contributed by atoms with Crippen molar-refractivity contribution >= 4 is 17.8 Å². The molecular weight excluding hydrogens is 504 g/mol. The molecule has 1 saturated carbocycles. The van der Waals surface area contributed by atoms with E-state index in [9.17, 15) is 9.59 Å². The van der Waals surface area contributed by atoms with Crippen LogP contribution in [-0.4, -0.2) is 35.5 Å². The third-order valence-electron chi connectivity index (χ3n) is 7.19. The van der Waals surface area contributed by atoms with Crippen LogP contribution in [0.25, 0.3) is 0 Å². The van der Waals surface area contributed by atoms with E-state index >= 15 is 0 Å². The van der Waals surface area contributed by atoms with Crippen LogP contribution >= 0.6 is 0 Å². The molecule has 0 saturated heterocycles. The first-order valence-corrected chi connectivity index (χ1v) is 13.5. The summed E-state index contributed by atoms with van der Waals surface area (Å²) in [5, 5.41) is 5.35. The molecule has 0 amide bonds. The van der Waals surface area contributed by atoms with Gasteiger partial charge in [-0.25, -0.2) is 10.6 Å². The highest BCUT2D eigenvalue weighted by atomic mass is 16.5. The van der Waals surface area contributed by atoms with E-state index in [0.717, 1.165) is 48.8 Å². The van der Waals surface area contributed by atoms with Crippen LogP contribution in [0.2, 0.25) is 0 Å². The Morgan fingerprint density at radius 1 is 0.850 bits per heavy atom. The maximum atomic E-state index is 12.8. The van der Waals surface area contributed by atoms with Gasteiger partial charge in [0.1, 0.15) is 11.6 Å². The second-order valence-corrected chi connectivity index (χ2v) is 9.83. The topological polar surface area (TPSA) is 120 Å². The Kier molecular flexibility index (Phi) is 9.70. The van der Waals surface area contributed by atoms with Gasteiger partial charge in [-0.2, -0.15) is 5.10 Å². The summed E-state index contributed by atoms with van der Waals surface area (Å²) in [7, 11) is 0. The number of ether oxygens (including phenoxy) is 2. The van der Waals surface area contributed by atoms with Crippen LogP contribution in [-0.2, 0) is 24.6 Å². The molecule has 0 aromatic heterocycles. The fraction of sp³-hybridized carbons (Fsp3) is 0.281. The Labute approximate surface area is 235 Å². The molecule has 0 aliphatic heterocycles. The molecule has 0 atom stereocenters. The zero-order chi connectivity index (χ0) is 28.4. The monoisotopic (exact) mass is 540 g/mol. The summed E-state index contributed by atoms with van der Waals surface area (Å²) in [6.07, 6.45) is 4.56. The molecule has 8 heteroatoms. The molecule has 4 N–H and O–H groups in total. The van der Waals surface area contributed by atoms with Crippen LogP contribution in [0.4, 0.5) is 0 Å². The van der Waals surface area contributed by atoms with Crippen molar-refractivity contribution in [3.63, 3.8) is 0 Å². The Hall–Kier alpha value is -4.43. The van der Waals surface area contributed by atoms with Gasteiger partial charge in [-0.05, 0) is 42.4 Å². The molecule has 0 spiro atoms. The fourth-order valence-electron chi connectivity index (χ4n) is 5.21. The fourth-order valence-corrected chi connectivity index (χ4v) is 5.21. The van der Waals surface area contributed by atoms with Crippen molar-refractivity contribution in [2.75, 3.05) is 6.61 Å². The maximum Gasteiger partial charge on any atom is 0.334 e. The third-order valence-corrected chi connectivity index (χ3v) is 7.19. The highest BCUT2D eigenvalue weighted by Crippen LogP contribution is 2.41. The van der Waals surface area contributed by atoms with Crippen molar-refractivity contribution in [1.82, 2.24) is 5.01 Å². The lowest BCUT2D eigenvalue weighted by atomic mass is 9.76. The number of hydrogen-bond donors (Lipinski definition) is 2. The summed E-state index contributed by atoms with van der Waals surface area (Å²) in [5.74, 6) is 11.6. The number of carbonyl (C=O) groups excluding carboxylic acids is 2. The van der Waals surface area contributed by atoms with E-state index in [2.05, 4.69) is 11.7 Å². The molecule has 0 unspecified atom stereocenters. The first kappa shape index (κ1) is 28.6. The number of hydrogen-bond acceptors (Lipinski definition) is 7. The number of hydrazone groups is 1. The van der Waals surface area contributed by atoms with Crippen molar-refractivity contribution in [3.05, 3.63) is 120 Å². The van der Waals surface area contributed by atoms with Gasteiger partial charge < -0.3 is 15.3 Å². The molecule has 1 aliphatic rings. The van der Waals surface area contributed by atoms with Gasteiger partial charge in [0, 0.05) is 5.57 Å². The van der Waals surface area contributed by atoms with Gasteiger partial charge >= 0.3 is 11.9 Å². The molecule has 0 radical (unpaired) electrons. The molecule has 0 heterocycles. The SMILES string of the molecule is C=C(CC(=O)OC1CCCCC1)C(=O)OC/C(=N/N)N(N)C(c1ccccc1)(c1ccccc1)c1ccccc1. The van der Waals surface area contributed by atoms with Gasteiger partial charge in [0.05, 0.1) is 6.42 Å². The zero-order valence-electron chi connectivity index (χ0n) is 22.6. The molecule has 0 bridgehead atoms. The Morgan fingerprint density at radius 2 is 1.32 bits per heavy atom. The van der Waals surface area contributed by atoms with E-state index < -0.39 is 17.5 Å². The summed E-state index contributed by atoms with van der Waals surface area (Å²) >= 11 is 0. The standard InChI is InChI=1S/C32H36N4O4/c1-24(22-30(37)40-28-20-12-5-13-21-28)31(38)39-23-29(35-33)36(34)32(25-14-6-2-7-15-25,26-16-8-3-9-17-26)27-18-10-4-11-19-27/h2-4,6-11,14-19,28H,1,5,12-13,20-23,33-34H2/b35-29-. The van der Waals surface area contributed by atoms with Crippen LogP contribution in [0.1, 0.15) is 55.2 Å². The van der Waals surface area contributed by atoms with Gasteiger partial charge in [-0.1, -0.05) is 104 Å². The minimum absolute atomic E-state index is 0.0128. The van der Waals surface area contributed by atoms with E-state index in [1.165, 1.54) is 5.01 Å². The van der Waals surface area contributed by atoms with Gasteiger partial charge in [0.2, 0.25) is 0 Å². The zero-order valence-corrected chi connectivity index (χ0v) is 22.6. The Morgan fingerprint density at radius 3 is 1.77 bits per heavy atom. The first-order chi connectivity index (χ1) is 19.5. The molecule has 1 aliphatic carbocycles. The van der Waals surface area contributed by atoms with Crippen molar-refractivity contribution in [2.24, 2.45) is 16.8 Å². The summed E-state index contributed by atoms with van der Waals surface area (Å²) in [5.41, 5.74) is 1.50. The predicted molar refractivity (Wildman–Crippen MR) is 155 cm³/mol. The highest BCUT2D eigenvalue weighted by molar-refractivity contribution is 5.95. The van der Waals surface area contributed by atoms with Gasteiger partial charge in [-0.15, -0.1) is 0 Å². The summed E-state index contributed by atoms with van der Waals surface area (Å²) in [4.78, 5) is 25.2. The van der Waals surface area contributed by atoms with Crippen LogP contribution in [0.5, 0.6) is 0 Å². The molecule has 8 nitrogen and oxygen atoms in total. The van der Waals surface area contributed by atoms with Crippen molar-refractivity contribution in [3.8, 4) is 0 Å². The molecule has 208 valence electrons. The van der Waals surface area contributed by atoms with Gasteiger partial charge in [0.15, 0.2) is 12.4 Å². The average Bonchev–Trinajstić information content (AvgIpc) is 3.00. The largest absolute Gasteiger partial charge is 0.462 e. The molecule has 4 rings (SSSR count). The number of esters is 2. The number of benzene rings is 3. The average molecular weight is 541 g/mol. The lowest BCUT2D eigenvalue weighted by Gasteiger charge is -2.43. The minimum Gasteiger partial charge on any atom is -0.462 e.